The number of aliphatic hydroxyl groups is 1. The van der Waals surface area contributed by atoms with Crippen molar-refractivity contribution in [2.45, 2.75) is 25.4 Å². The van der Waals surface area contributed by atoms with Crippen molar-refractivity contribution in [3.8, 4) is 0 Å². The van der Waals surface area contributed by atoms with Crippen LogP contribution in [0.4, 0.5) is 0 Å². The summed E-state index contributed by atoms with van der Waals surface area (Å²) in [6, 6.07) is 17.8. The predicted octanol–water partition coefficient (Wildman–Crippen LogP) is 4.56. The van der Waals surface area contributed by atoms with Gasteiger partial charge in [-0.25, -0.2) is 0 Å². The molecule has 150 valence electrons. The highest BCUT2D eigenvalue weighted by Crippen LogP contribution is 2.45. The molecule has 0 heterocycles. The first kappa shape index (κ1) is 21.0. The minimum atomic E-state index is -0.358. The van der Waals surface area contributed by atoms with Crippen molar-refractivity contribution in [3.05, 3.63) is 70.2 Å². The first-order valence-corrected chi connectivity index (χ1v) is 10.5. The summed E-state index contributed by atoms with van der Waals surface area (Å²) in [6.45, 7) is 0.858. The van der Waals surface area contributed by atoms with Gasteiger partial charge in [0.1, 0.15) is 6.61 Å². The molecule has 4 atom stereocenters. The zero-order valence-corrected chi connectivity index (χ0v) is 17.7. The van der Waals surface area contributed by atoms with E-state index in [0.29, 0.717) is 12.5 Å². The summed E-state index contributed by atoms with van der Waals surface area (Å²) in [5.41, 5.74) is 2.06. The SMILES string of the molecule is COCC1C[C@@H](CO)[C@H](C(=O)OCc2ccccc2)[C@@H](c2ccc(Br)cc2)C1. The van der Waals surface area contributed by atoms with Crippen molar-refractivity contribution >= 4 is 21.9 Å². The van der Waals surface area contributed by atoms with Crippen LogP contribution in [-0.2, 0) is 20.9 Å². The van der Waals surface area contributed by atoms with Crippen LogP contribution in [0.15, 0.2) is 59.1 Å². The standard InChI is InChI=1S/C23H27BrO4/c1-27-14-17-11-19(13-25)22(21(12-17)18-7-9-20(24)10-8-18)23(26)28-15-16-5-3-2-4-6-16/h2-10,17,19,21-22,25H,11-15H2,1H3/t17?,19-,21+,22-/m0/s1. The lowest BCUT2D eigenvalue weighted by Gasteiger charge is -2.40. The molecule has 0 amide bonds. The van der Waals surface area contributed by atoms with Gasteiger partial charge in [0.05, 0.1) is 5.92 Å². The average molecular weight is 447 g/mol. The third kappa shape index (κ3) is 5.22. The van der Waals surface area contributed by atoms with E-state index in [1.807, 2.05) is 42.5 Å². The van der Waals surface area contributed by atoms with Crippen molar-refractivity contribution in [2.24, 2.45) is 17.8 Å². The summed E-state index contributed by atoms with van der Waals surface area (Å²) in [4.78, 5) is 13.1. The number of methoxy groups -OCH3 is 1. The number of carbonyl (C=O) groups is 1. The van der Waals surface area contributed by atoms with Gasteiger partial charge in [-0.1, -0.05) is 58.4 Å². The first-order valence-electron chi connectivity index (χ1n) is 9.68. The fraction of sp³-hybridized carbons (Fsp3) is 0.435. The Bertz CT molecular complexity index is 747. The number of hydrogen-bond donors (Lipinski definition) is 1. The monoisotopic (exact) mass is 446 g/mol. The fourth-order valence-electron chi connectivity index (χ4n) is 4.30. The molecule has 0 aromatic heterocycles. The van der Waals surface area contributed by atoms with Gasteiger partial charge in [0.15, 0.2) is 0 Å². The summed E-state index contributed by atoms with van der Waals surface area (Å²) in [7, 11) is 1.70. The van der Waals surface area contributed by atoms with E-state index in [2.05, 4.69) is 28.1 Å². The minimum Gasteiger partial charge on any atom is -0.461 e. The van der Waals surface area contributed by atoms with Crippen LogP contribution in [0.25, 0.3) is 0 Å². The van der Waals surface area contributed by atoms with E-state index in [9.17, 15) is 9.90 Å². The summed E-state index contributed by atoms with van der Waals surface area (Å²) in [5, 5.41) is 10.0. The Labute approximate surface area is 175 Å². The lowest BCUT2D eigenvalue weighted by Crippen LogP contribution is -2.40. The van der Waals surface area contributed by atoms with Gasteiger partial charge in [0.2, 0.25) is 0 Å². The fourth-order valence-corrected chi connectivity index (χ4v) is 4.56. The molecule has 0 saturated heterocycles. The van der Waals surface area contributed by atoms with Crippen molar-refractivity contribution in [1.82, 2.24) is 0 Å². The Morgan fingerprint density at radius 3 is 2.46 bits per heavy atom. The number of esters is 1. The van der Waals surface area contributed by atoms with Crippen molar-refractivity contribution < 1.29 is 19.4 Å². The van der Waals surface area contributed by atoms with Crippen molar-refractivity contribution in [3.63, 3.8) is 0 Å². The molecular formula is C23H27BrO4. The largest absolute Gasteiger partial charge is 0.461 e. The van der Waals surface area contributed by atoms with Gasteiger partial charge in [-0.2, -0.15) is 0 Å². The Hall–Kier alpha value is -1.69. The van der Waals surface area contributed by atoms with E-state index in [0.717, 1.165) is 28.4 Å². The Morgan fingerprint density at radius 2 is 1.82 bits per heavy atom. The molecule has 4 nitrogen and oxygen atoms in total. The van der Waals surface area contributed by atoms with Gasteiger partial charge in [0, 0.05) is 24.8 Å². The Morgan fingerprint density at radius 1 is 1.11 bits per heavy atom. The molecule has 1 unspecified atom stereocenters. The van der Waals surface area contributed by atoms with Crippen LogP contribution in [0, 0.1) is 17.8 Å². The maximum atomic E-state index is 13.1. The molecule has 1 aliphatic carbocycles. The lowest BCUT2D eigenvalue weighted by atomic mass is 9.66. The second kappa shape index (κ2) is 10.2. The van der Waals surface area contributed by atoms with E-state index in [1.165, 1.54) is 0 Å². The number of carbonyl (C=O) groups excluding carboxylic acids is 1. The summed E-state index contributed by atoms with van der Waals surface area (Å²) < 4.78 is 12.1. The van der Waals surface area contributed by atoms with Gasteiger partial charge in [-0.05, 0) is 53.9 Å². The molecule has 1 N–H and O–H groups in total. The number of rotatable bonds is 7. The zero-order valence-electron chi connectivity index (χ0n) is 16.1. The highest BCUT2D eigenvalue weighted by Gasteiger charge is 2.43. The van der Waals surface area contributed by atoms with Crippen LogP contribution in [0.1, 0.15) is 29.9 Å². The molecule has 1 fully saturated rings. The number of benzene rings is 2. The normalized spacial score (nSPS) is 24.7. The molecule has 2 aromatic rings. The van der Waals surface area contributed by atoms with E-state index < -0.39 is 0 Å². The average Bonchev–Trinajstić information content (AvgIpc) is 2.73. The smallest absolute Gasteiger partial charge is 0.310 e. The van der Waals surface area contributed by atoms with E-state index in [-0.39, 0.29) is 36.9 Å². The van der Waals surface area contributed by atoms with Gasteiger partial charge in [-0.15, -0.1) is 0 Å². The second-order valence-corrected chi connectivity index (χ2v) is 8.43. The second-order valence-electron chi connectivity index (χ2n) is 7.51. The number of ether oxygens (including phenoxy) is 2. The van der Waals surface area contributed by atoms with Gasteiger partial charge < -0.3 is 14.6 Å². The third-order valence-corrected chi connectivity index (χ3v) is 6.12. The first-order chi connectivity index (χ1) is 13.6. The minimum absolute atomic E-state index is 0.00224. The molecule has 1 saturated carbocycles. The molecule has 3 rings (SSSR count). The predicted molar refractivity (Wildman–Crippen MR) is 112 cm³/mol. The quantitative estimate of drug-likeness (QED) is 0.633. The molecule has 2 aromatic carbocycles. The van der Waals surface area contributed by atoms with Crippen LogP contribution in [0.2, 0.25) is 0 Å². The maximum Gasteiger partial charge on any atom is 0.310 e. The van der Waals surface area contributed by atoms with Gasteiger partial charge in [-0.3, -0.25) is 4.79 Å². The molecule has 0 spiro atoms. The molecule has 0 radical (unpaired) electrons. The number of hydrogen-bond acceptors (Lipinski definition) is 4. The molecule has 5 heteroatoms. The van der Waals surface area contributed by atoms with Gasteiger partial charge >= 0.3 is 5.97 Å². The number of aliphatic hydroxyl groups excluding tert-OH is 1. The lowest BCUT2D eigenvalue weighted by molar-refractivity contribution is -0.156. The van der Waals surface area contributed by atoms with Crippen LogP contribution in [0.3, 0.4) is 0 Å². The Balaban J connectivity index is 1.82. The maximum absolute atomic E-state index is 13.1. The molecule has 0 aliphatic heterocycles. The van der Waals surface area contributed by atoms with Crippen LogP contribution >= 0.6 is 15.9 Å². The third-order valence-electron chi connectivity index (χ3n) is 5.60. The molecule has 0 bridgehead atoms. The van der Waals surface area contributed by atoms with Crippen LogP contribution in [-0.4, -0.2) is 31.4 Å². The summed E-state index contributed by atoms with van der Waals surface area (Å²) in [6.07, 6.45) is 1.61. The van der Waals surface area contributed by atoms with Crippen molar-refractivity contribution in [2.75, 3.05) is 20.3 Å². The van der Waals surface area contributed by atoms with Crippen LogP contribution in [0.5, 0.6) is 0 Å². The van der Waals surface area contributed by atoms with E-state index in [1.54, 1.807) is 7.11 Å². The zero-order chi connectivity index (χ0) is 19.9. The topological polar surface area (TPSA) is 55.8 Å². The summed E-state index contributed by atoms with van der Waals surface area (Å²) in [5.74, 6) is -0.406. The summed E-state index contributed by atoms with van der Waals surface area (Å²) >= 11 is 3.47. The molecular weight excluding hydrogens is 420 g/mol. The highest BCUT2D eigenvalue weighted by molar-refractivity contribution is 9.10. The highest BCUT2D eigenvalue weighted by atomic mass is 79.9. The van der Waals surface area contributed by atoms with Crippen LogP contribution < -0.4 is 0 Å². The van der Waals surface area contributed by atoms with E-state index in [4.69, 9.17) is 9.47 Å². The van der Waals surface area contributed by atoms with Crippen molar-refractivity contribution in [1.29, 1.82) is 0 Å². The molecule has 28 heavy (non-hydrogen) atoms. The molecule has 1 aliphatic rings. The Kier molecular flexibility index (Phi) is 7.65. The van der Waals surface area contributed by atoms with E-state index >= 15 is 0 Å². The van der Waals surface area contributed by atoms with Gasteiger partial charge in [0.25, 0.3) is 0 Å². The number of halogens is 1.